The summed E-state index contributed by atoms with van der Waals surface area (Å²) in [5.41, 5.74) is 0. The van der Waals surface area contributed by atoms with Crippen molar-refractivity contribution < 1.29 is 56.2 Å². The van der Waals surface area contributed by atoms with Gasteiger partial charge < -0.3 is 34.3 Å². The largest absolute Gasteiger partial charge is 0.457 e. The maximum atomic E-state index is 12.9. The van der Waals surface area contributed by atoms with Crippen molar-refractivity contribution in [2.24, 2.45) is 0 Å². The van der Waals surface area contributed by atoms with E-state index in [-0.39, 0.29) is 19.6 Å². The summed E-state index contributed by atoms with van der Waals surface area (Å²) in [4.78, 5) is 12.9. The molecule has 0 spiro atoms. The second-order valence-corrected chi connectivity index (χ2v) is 17.4. The summed E-state index contributed by atoms with van der Waals surface area (Å²) in [6.45, 7) is 3.81. The molecule has 6 unspecified atom stereocenters. The summed E-state index contributed by atoms with van der Waals surface area (Å²) in [6.07, 6.45) is 43.6. The molecular formula is C50H86O12S. The Morgan fingerprint density at radius 2 is 1.10 bits per heavy atom. The van der Waals surface area contributed by atoms with Crippen LogP contribution < -0.4 is 0 Å². The van der Waals surface area contributed by atoms with Crippen molar-refractivity contribution in [3.05, 3.63) is 72.9 Å². The van der Waals surface area contributed by atoms with Gasteiger partial charge in [0.05, 0.1) is 19.8 Å². The van der Waals surface area contributed by atoms with Crippen LogP contribution in [0.1, 0.15) is 174 Å². The minimum Gasteiger partial charge on any atom is -0.457 e. The lowest BCUT2D eigenvalue weighted by Gasteiger charge is -2.41. The maximum absolute atomic E-state index is 12.9. The number of carbonyl (C=O) groups is 1. The molecule has 0 aromatic rings. The van der Waals surface area contributed by atoms with Gasteiger partial charge in [-0.2, -0.15) is 8.42 Å². The molecule has 13 heteroatoms. The third-order valence-electron chi connectivity index (χ3n) is 10.6. The fourth-order valence-electron chi connectivity index (χ4n) is 6.93. The molecule has 63 heavy (non-hydrogen) atoms. The standard InChI is InChI=1S/C50H86O12S/c1-3-5-7-9-11-13-15-17-19-20-21-22-23-24-25-26-28-30-32-34-36-38-40-58-42-44(43-59-50-48(54)49(62-63(55,56)57)47(53)45(41-51)61-50)60-46(52)39-37-35-33-31-29-27-18-16-14-12-10-8-6-4-2/h5,7,11,13,16-19,21-22,24-25,44-45,47-51,53-54H,3-4,6,8-10,12,14-15,20,23,26-43H2,1-2H3,(H,55,56,57)/b7-5-,13-11-,18-16-,19-17-,22-21-,25-24-. The van der Waals surface area contributed by atoms with Gasteiger partial charge in [-0.05, 0) is 83.5 Å². The van der Waals surface area contributed by atoms with E-state index in [9.17, 15) is 33.1 Å². The molecule has 1 rings (SSSR count). The number of unbranched alkanes of at least 4 members (excludes halogenated alkanes) is 16. The van der Waals surface area contributed by atoms with Crippen molar-refractivity contribution in [1.29, 1.82) is 0 Å². The summed E-state index contributed by atoms with van der Waals surface area (Å²) in [5.74, 6) is -0.417. The number of ether oxygens (including phenoxy) is 4. The predicted molar refractivity (Wildman–Crippen MR) is 252 cm³/mol. The molecule has 4 N–H and O–H groups in total. The molecule has 0 radical (unpaired) electrons. The molecule has 6 atom stereocenters. The highest BCUT2D eigenvalue weighted by molar-refractivity contribution is 7.80. The van der Waals surface area contributed by atoms with Crippen LogP contribution in [0.15, 0.2) is 72.9 Å². The normalized spacial score (nSPS) is 20.5. The van der Waals surface area contributed by atoms with E-state index < -0.39 is 59.8 Å². The number of hydrogen-bond donors (Lipinski definition) is 4. The van der Waals surface area contributed by atoms with Crippen molar-refractivity contribution in [3.8, 4) is 0 Å². The molecule has 1 saturated heterocycles. The second-order valence-electron chi connectivity index (χ2n) is 16.3. The number of aliphatic hydroxyl groups excluding tert-OH is 3. The summed E-state index contributed by atoms with van der Waals surface area (Å²) in [5, 5.41) is 30.7. The minimum absolute atomic E-state index is 0.0189. The Bertz CT molecular complexity index is 1370. The Hall–Kier alpha value is -2.46. The smallest absolute Gasteiger partial charge is 0.397 e. The number of esters is 1. The highest BCUT2D eigenvalue weighted by Crippen LogP contribution is 2.26. The van der Waals surface area contributed by atoms with E-state index in [2.05, 4.69) is 90.9 Å². The Kier molecular flexibility index (Phi) is 38.1. The Labute approximate surface area is 381 Å². The van der Waals surface area contributed by atoms with E-state index in [1.54, 1.807) is 0 Å². The maximum Gasteiger partial charge on any atom is 0.397 e. The molecular weight excluding hydrogens is 825 g/mol. The van der Waals surface area contributed by atoms with Crippen molar-refractivity contribution in [2.45, 2.75) is 211 Å². The lowest BCUT2D eigenvalue weighted by molar-refractivity contribution is -0.301. The summed E-state index contributed by atoms with van der Waals surface area (Å²) < 4.78 is 59.1. The van der Waals surface area contributed by atoms with Crippen molar-refractivity contribution in [2.75, 3.05) is 26.4 Å². The minimum atomic E-state index is -5.07. The van der Waals surface area contributed by atoms with Gasteiger partial charge in [-0.3, -0.25) is 9.35 Å². The van der Waals surface area contributed by atoms with Gasteiger partial charge in [0.1, 0.15) is 30.5 Å². The first-order valence-electron chi connectivity index (χ1n) is 24.2. The third kappa shape index (κ3) is 34.5. The molecule has 0 saturated carbocycles. The van der Waals surface area contributed by atoms with E-state index in [0.29, 0.717) is 13.0 Å². The average Bonchev–Trinajstić information content (AvgIpc) is 3.26. The SMILES string of the molecule is CC/C=C\C/C=C\C/C=C\C/C=C\C/C=C\CCCCCCCCOCC(COC1OC(CO)C(O)C(OS(=O)(=O)O)C1O)OC(=O)CCCCCCC/C=C\CCCCCCC. The zero-order valence-electron chi connectivity index (χ0n) is 38.9. The quantitative estimate of drug-likeness (QED) is 0.0198. The van der Waals surface area contributed by atoms with Crippen LogP contribution in [0.4, 0.5) is 0 Å². The number of carbonyl (C=O) groups excluding carboxylic acids is 1. The third-order valence-corrected chi connectivity index (χ3v) is 11.0. The first-order valence-corrected chi connectivity index (χ1v) is 25.6. The van der Waals surface area contributed by atoms with Crippen molar-refractivity contribution in [3.63, 3.8) is 0 Å². The zero-order valence-corrected chi connectivity index (χ0v) is 39.7. The molecule has 364 valence electrons. The van der Waals surface area contributed by atoms with Crippen LogP contribution in [-0.2, 0) is 38.3 Å². The monoisotopic (exact) mass is 911 g/mol. The Balaban J connectivity index is 2.40. The molecule has 1 aliphatic rings. The van der Waals surface area contributed by atoms with Gasteiger partial charge in [0.2, 0.25) is 0 Å². The van der Waals surface area contributed by atoms with E-state index >= 15 is 0 Å². The van der Waals surface area contributed by atoms with Gasteiger partial charge in [0, 0.05) is 13.0 Å². The van der Waals surface area contributed by atoms with Gasteiger partial charge in [0.15, 0.2) is 6.29 Å². The van der Waals surface area contributed by atoms with Crippen LogP contribution >= 0.6 is 0 Å². The van der Waals surface area contributed by atoms with Gasteiger partial charge >= 0.3 is 16.4 Å². The molecule has 0 aromatic heterocycles. The van der Waals surface area contributed by atoms with Crippen LogP contribution in [0.3, 0.4) is 0 Å². The fourth-order valence-corrected chi connectivity index (χ4v) is 7.44. The van der Waals surface area contributed by atoms with Crippen LogP contribution in [0, 0.1) is 0 Å². The molecule has 0 bridgehead atoms. The van der Waals surface area contributed by atoms with Crippen LogP contribution in [-0.4, -0.2) is 97.5 Å². The Morgan fingerprint density at radius 3 is 1.62 bits per heavy atom. The molecule has 0 amide bonds. The van der Waals surface area contributed by atoms with Gasteiger partial charge in [-0.1, -0.05) is 157 Å². The van der Waals surface area contributed by atoms with Crippen LogP contribution in [0.25, 0.3) is 0 Å². The fraction of sp³-hybridized carbons (Fsp3) is 0.740. The van der Waals surface area contributed by atoms with Gasteiger partial charge in [0.25, 0.3) is 0 Å². The lowest BCUT2D eigenvalue weighted by atomic mass is 9.99. The first kappa shape index (κ1) is 58.6. The zero-order chi connectivity index (χ0) is 46.1. The van der Waals surface area contributed by atoms with Gasteiger partial charge in [-0.25, -0.2) is 4.18 Å². The van der Waals surface area contributed by atoms with E-state index in [1.165, 1.54) is 38.5 Å². The highest BCUT2D eigenvalue weighted by Gasteiger charge is 2.48. The molecule has 12 nitrogen and oxygen atoms in total. The average molecular weight is 911 g/mol. The first-order chi connectivity index (χ1) is 30.6. The number of allylic oxidation sites excluding steroid dienone is 12. The molecule has 0 aliphatic carbocycles. The van der Waals surface area contributed by atoms with Crippen molar-refractivity contribution >= 4 is 16.4 Å². The Morgan fingerprint density at radius 1 is 0.619 bits per heavy atom. The summed E-state index contributed by atoms with van der Waals surface area (Å²) in [6, 6.07) is 0. The van der Waals surface area contributed by atoms with E-state index in [0.717, 1.165) is 109 Å². The molecule has 1 fully saturated rings. The predicted octanol–water partition coefficient (Wildman–Crippen LogP) is 10.7. The molecule has 1 aliphatic heterocycles. The molecule has 1 heterocycles. The molecule has 0 aromatic carbocycles. The highest BCUT2D eigenvalue weighted by atomic mass is 32.3. The van der Waals surface area contributed by atoms with Crippen LogP contribution in [0.2, 0.25) is 0 Å². The van der Waals surface area contributed by atoms with E-state index in [1.807, 2.05) is 0 Å². The van der Waals surface area contributed by atoms with Gasteiger partial charge in [-0.15, -0.1) is 0 Å². The summed E-state index contributed by atoms with van der Waals surface area (Å²) in [7, 11) is -5.07. The van der Waals surface area contributed by atoms with E-state index in [4.69, 9.17) is 18.9 Å². The second kappa shape index (κ2) is 41.0. The topological polar surface area (TPSA) is 178 Å². The van der Waals surface area contributed by atoms with Crippen LogP contribution in [0.5, 0.6) is 0 Å². The number of rotatable bonds is 41. The van der Waals surface area contributed by atoms with Crippen molar-refractivity contribution in [1.82, 2.24) is 0 Å². The lowest BCUT2D eigenvalue weighted by Crippen LogP contribution is -2.60. The summed E-state index contributed by atoms with van der Waals surface area (Å²) >= 11 is 0. The number of aliphatic hydroxyl groups is 3. The number of hydrogen-bond acceptors (Lipinski definition) is 11.